The van der Waals surface area contributed by atoms with E-state index in [-0.39, 0.29) is 5.91 Å². The zero-order chi connectivity index (χ0) is 17.2. The molecule has 2 aliphatic rings. The van der Waals surface area contributed by atoms with E-state index >= 15 is 0 Å². The number of carbonyl (C=O) groups excluding carboxylic acids is 1. The second-order valence-corrected chi connectivity index (χ2v) is 7.30. The molecular weight excluding hydrogens is 336 g/mol. The highest BCUT2D eigenvalue weighted by molar-refractivity contribution is 6.30. The first-order valence-electron chi connectivity index (χ1n) is 8.70. The van der Waals surface area contributed by atoms with Crippen molar-refractivity contribution in [2.45, 2.75) is 25.4 Å². The van der Waals surface area contributed by atoms with E-state index in [2.05, 4.69) is 22.3 Å². The molecule has 0 bridgehead atoms. The molecule has 2 saturated heterocycles. The highest BCUT2D eigenvalue weighted by Gasteiger charge is 2.36. The van der Waals surface area contributed by atoms with Crippen molar-refractivity contribution in [3.05, 3.63) is 59.1 Å². The molecule has 2 heterocycles. The minimum atomic E-state index is 0.204. The number of benzene rings is 2. The van der Waals surface area contributed by atoms with Crippen LogP contribution in [0.25, 0.3) is 0 Å². The van der Waals surface area contributed by atoms with Crippen LogP contribution in [0.2, 0.25) is 5.02 Å². The Bertz CT molecular complexity index is 763. The van der Waals surface area contributed by atoms with E-state index in [4.69, 9.17) is 16.3 Å². The summed E-state index contributed by atoms with van der Waals surface area (Å²) in [6.07, 6.45) is 1.71. The molecule has 0 saturated carbocycles. The third kappa shape index (κ3) is 3.97. The van der Waals surface area contributed by atoms with Crippen molar-refractivity contribution in [3.8, 4) is 11.5 Å². The number of piperidine rings is 1. The topological polar surface area (TPSA) is 41.6 Å². The van der Waals surface area contributed by atoms with Crippen molar-refractivity contribution in [1.29, 1.82) is 0 Å². The number of likely N-dealkylation sites (tertiary alicyclic amines) is 1. The summed E-state index contributed by atoms with van der Waals surface area (Å²) in [4.78, 5) is 14.0. The first kappa shape index (κ1) is 16.4. The van der Waals surface area contributed by atoms with Gasteiger partial charge in [0.25, 0.3) is 0 Å². The number of hydrogen-bond donors (Lipinski definition) is 1. The minimum absolute atomic E-state index is 0.204. The predicted octanol–water partition coefficient (Wildman–Crippen LogP) is 3.84. The number of nitrogens with zero attached hydrogens (tertiary/aromatic N) is 1. The van der Waals surface area contributed by atoms with Crippen LogP contribution >= 0.6 is 11.6 Å². The van der Waals surface area contributed by atoms with Crippen molar-refractivity contribution in [3.63, 3.8) is 0 Å². The Labute approximate surface area is 152 Å². The summed E-state index contributed by atoms with van der Waals surface area (Å²) in [6, 6.07) is 15.9. The fourth-order valence-electron chi connectivity index (χ4n) is 3.76. The van der Waals surface area contributed by atoms with Crippen LogP contribution in [0.4, 0.5) is 0 Å². The Morgan fingerprint density at radius 3 is 2.84 bits per heavy atom. The number of hydrogen-bond acceptors (Lipinski definition) is 3. The molecule has 0 unspecified atom stereocenters. The zero-order valence-electron chi connectivity index (χ0n) is 14.0. The molecule has 0 radical (unpaired) electrons. The van der Waals surface area contributed by atoms with E-state index in [0.29, 0.717) is 23.4 Å². The summed E-state index contributed by atoms with van der Waals surface area (Å²) in [5.41, 5.74) is 1.22. The van der Waals surface area contributed by atoms with Crippen LogP contribution in [-0.4, -0.2) is 29.9 Å². The van der Waals surface area contributed by atoms with Gasteiger partial charge in [0.1, 0.15) is 11.5 Å². The molecule has 2 aromatic rings. The van der Waals surface area contributed by atoms with Gasteiger partial charge in [-0.3, -0.25) is 9.69 Å². The van der Waals surface area contributed by atoms with Gasteiger partial charge in [-0.25, -0.2) is 0 Å². The maximum Gasteiger partial charge on any atom is 0.220 e. The van der Waals surface area contributed by atoms with Gasteiger partial charge in [0.05, 0.1) is 0 Å². The van der Waals surface area contributed by atoms with Crippen molar-refractivity contribution in [2.24, 2.45) is 5.92 Å². The number of halogens is 1. The monoisotopic (exact) mass is 356 g/mol. The third-order valence-electron chi connectivity index (χ3n) is 4.97. The molecule has 2 fully saturated rings. The van der Waals surface area contributed by atoms with Gasteiger partial charge in [-0.1, -0.05) is 23.7 Å². The molecule has 5 heteroatoms. The number of fused-ring (bicyclic) bond motifs is 1. The summed E-state index contributed by atoms with van der Waals surface area (Å²) >= 11 is 5.91. The normalized spacial score (nSPS) is 23.2. The minimum Gasteiger partial charge on any atom is -0.457 e. The molecule has 0 aromatic heterocycles. The van der Waals surface area contributed by atoms with Gasteiger partial charge in [-0.15, -0.1) is 0 Å². The van der Waals surface area contributed by atoms with Crippen LogP contribution in [0.3, 0.4) is 0 Å². The lowest BCUT2D eigenvalue weighted by molar-refractivity contribution is -0.119. The Hall–Kier alpha value is -2.04. The Morgan fingerprint density at radius 2 is 2.00 bits per heavy atom. The van der Waals surface area contributed by atoms with Crippen molar-refractivity contribution in [2.75, 3.05) is 13.1 Å². The molecule has 2 aromatic carbocycles. The fraction of sp³-hybridized carbons (Fsp3) is 0.350. The van der Waals surface area contributed by atoms with Crippen LogP contribution in [-0.2, 0) is 11.3 Å². The quantitative estimate of drug-likeness (QED) is 0.904. The summed E-state index contributed by atoms with van der Waals surface area (Å²) < 4.78 is 5.91. The van der Waals surface area contributed by atoms with E-state index in [1.54, 1.807) is 0 Å². The van der Waals surface area contributed by atoms with Crippen LogP contribution < -0.4 is 10.1 Å². The van der Waals surface area contributed by atoms with Crippen molar-refractivity contribution in [1.82, 2.24) is 10.2 Å². The number of rotatable bonds is 4. The van der Waals surface area contributed by atoms with Gasteiger partial charge in [-0.2, -0.15) is 0 Å². The van der Waals surface area contributed by atoms with Crippen molar-refractivity contribution >= 4 is 17.5 Å². The molecule has 0 spiro atoms. The van der Waals surface area contributed by atoms with E-state index < -0.39 is 0 Å². The molecule has 1 amide bonds. The van der Waals surface area contributed by atoms with Gasteiger partial charge in [0.15, 0.2) is 0 Å². The van der Waals surface area contributed by atoms with E-state index in [1.165, 1.54) is 5.56 Å². The lowest BCUT2D eigenvalue weighted by Crippen LogP contribution is -2.44. The van der Waals surface area contributed by atoms with E-state index in [0.717, 1.165) is 37.6 Å². The molecule has 0 aliphatic carbocycles. The highest BCUT2D eigenvalue weighted by atomic mass is 35.5. The first-order chi connectivity index (χ1) is 12.2. The summed E-state index contributed by atoms with van der Waals surface area (Å²) in [5.74, 6) is 2.26. The molecule has 2 aliphatic heterocycles. The van der Waals surface area contributed by atoms with Gasteiger partial charge in [0, 0.05) is 43.0 Å². The van der Waals surface area contributed by atoms with Crippen LogP contribution in [0.1, 0.15) is 18.4 Å². The van der Waals surface area contributed by atoms with Gasteiger partial charge in [-0.05, 0) is 48.4 Å². The van der Waals surface area contributed by atoms with E-state index in [1.807, 2.05) is 36.4 Å². The Balaban J connectivity index is 1.40. The molecule has 2 atom stereocenters. The van der Waals surface area contributed by atoms with Crippen LogP contribution in [0.5, 0.6) is 11.5 Å². The van der Waals surface area contributed by atoms with Gasteiger partial charge < -0.3 is 10.1 Å². The number of ether oxygens (including phenoxy) is 1. The Morgan fingerprint density at radius 1 is 1.16 bits per heavy atom. The van der Waals surface area contributed by atoms with Crippen LogP contribution in [0, 0.1) is 5.92 Å². The average molecular weight is 357 g/mol. The average Bonchev–Trinajstić information content (AvgIpc) is 2.97. The molecular formula is C20H21ClN2O2. The van der Waals surface area contributed by atoms with E-state index in [9.17, 15) is 4.79 Å². The fourth-order valence-corrected chi connectivity index (χ4v) is 3.88. The lowest BCUT2D eigenvalue weighted by atomic mass is 9.93. The second kappa shape index (κ2) is 7.06. The van der Waals surface area contributed by atoms with Crippen LogP contribution in [0.15, 0.2) is 48.5 Å². The second-order valence-electron chi connectivity index (χ2n) is 6.87. The molecule has 25 heavy (non-hydrogen) atoms. The SMILES string of the molecule is O=C1C[C@@H]2CN(Cc3cccc(Oc4ccc(Cl)cc4)c3)CC[C@@H]2N1. The molecule has 1 N–H and O–H groups in total. The molecule has 130 valence electrons. The maximum atomic E-state index is 11.6. The maximum absolute atomic E-state index is 11.6. The predicted molar refractivity (Wildman–Crippen MR) is 97.9 cm³/mol. The standard InChI is InChI=1S/C20H21ClN2O2/c21-16-4-6-17(7-5-16)25-18-3-1-2-14(10-18)12-23-9-8-19-15(13-23)11-20(24)22-19/h1-7,10,15,19H,8-9,11-13H2,(H,22,24)/t15-,19+/m1/s1. The smallest absolute Gasteiger partial charge is 0.220 e. The van der Waals surface area contributed by atoms with Crippen molar-refractivity contribution < 1.29 is 9.53 Å². The Kier molecular flexibility index (Phi) is 4.64. The molecule has 4 nitrogen and oxygen atoms in total. The number of nitrogens with one attached hydrogen (secondary N) is 1. The molecule has 4 rings (SSSR count). The highest BCUT2D eigenvalue weighted by Crippen LogP contribution is 2.28. The largest absolute Gasteiger partial charge is 0.457 e. The van der Waals surface area contributed by atoms with Gasteiger partial charge in [0.2, 0.25) is 5.91 Å². The summed E-state index contributed by atoms with van der Waals surface area (Å²) in [6.45, 7) is 2.88. The number of carbonyl (C=O) groups is 1. The first-order valence-corrected chi connectivity index (χ1v) is 9.07. The van der Waals surface area contributed by atoms with Gasteiger partial charge >= 0.3 is 0 Å². The third-order valence-corrected chi connectivity index (χ3v) is 5.22. The summed E-state index contributed by atoms with van der Waals surface area (Å²) in [5, 5.41) is 3.78. The zero-order valence-corrected chi connectivity index (χ0v) is 14.7. The summed E-state index contributed by atoms with van der Waals surface area (Å²) in [7, 11) is 0. The number of amides is 1. The lowest BCUT2D eigenvalue weighted by Gasteiger charge is -2.34.